The number of allylic oxidation sites excluding steroid dienone is 2. The molecule has 0 N–H and O–H groups in total. The molecule has 0 bridgehead atoms. The molecule has 4 nitrogen and oxygen atoms in total. The van der Waals surface area contributed by atoms with Gasteiger partial charge in [-0.1, -0.05) is 54.1 Å². The summed E-state index contributed by atoms with van der Waals surface area (Å²) in [6, 6.07) is 17.3. The van der Waals surface area contributed by atoms with Gasteiger partial charge in [-0.2, -0.15) is 10.1 Å². The second-order valence-corrected chi connectivity index (χ2v) is 6.91. The fourth-order valence-corrected chi connectivity index (χ4v) is 4.00. The number of hydrogen-bond donors (Lipinski definition) is 0. The summed E-state index contributed by atoms with van der Waals surface area (Å²) in [7, 11) is 0. The van der Waals surface area contributed by atoms with Crippen molar-refractivity contribution in [2.75, 3.05) is 5.01 Å². The molecule has 1 amide bonds. The van der Waals surface area contributed by atoms with Gasteiger partial charge >= 0.3 is 0 Å². The van der Waals surface area contributed by atoms with Crippen molar-refractivity contribution < 1.29 is 9.59 Å². The molecule has 2 aliphatic rings. The maximum Gasteiger partial charge on any atom is 0.267 e. The summed E-state index contributed by atoms with van der Waals surface area (Å²) in [5.74, 6) is -0.689. The van der Waals surface area contributed by atoms with Crippen LogP contribution in [0, 0.1) is 12.3 Å². The number of nitrogens with zero attached hydrogens (tertiary/aromatic N) is 2. The van der Waals surface area contributed by atoms with Crippen LogP contribution < -0.4 is 5.01 Å². The predicted octanol–water partition coefficient (Wildman–Crippen LogP) is 4.02. The van der Waals surface area contributed by atoms with E-state index < -0.39 is 5.41 Å². The van der Waals surface area contributed by atoms with E-state index in [1.165, 1.54) is 11.1 Å². The van der Waals surface area contributed by atoms with E-state index in [2.05, 4.69) is 5.10 Å². The van der Waals surface area contributed by atoms with Gasteiger partial charge in [-0.05, 0) is 44.0 Å². The molecule has 4 heteroatoms. The number of hydrazone groups is 1. The highest BCUT2D eigenvalue weighted by molar-refractivity contribution is 6.34. The van der Waals surface area contributed by atoms with E-state index in [1.54, 1.807) is 6.92 Å². The molecular formula is C22H20N2O2. The number of hydrogen-bond acceptors (Lipinski definition) is 3. The highest BCUT2D eigenvalue weighted by Gasteiger charge is 2.60. The Hall–Kier alpha value is -3.01. The average Bonchev–Trinajstić information content (AvgIpc) is 2.91. The lowest BCUT2D eigenvalue weighted by Gasteiger charge is -2.36. The molecule has 1 heterocycles. The molecule has 130 valence electrons. The van der Waals surface area contributed by atoms with Gasteiger partial charge in [-0.25, -0.2) is 0 Å². The summed E-state index contributed by atoms with van der Waals surface area (Å²) in [4.78, 5) is 26.6. The van der Waals surface area contributed by atoms with Gasteiger partial charge in [-0.15, -0.1) is 0 Å². The van der Waals surface area contributed by atoms with Crippen molar-refractivity contribution in [3.8, 4) is 0 Å². The van der Waals surface area contributed by atoms with E-state index in [1.807, 2.05) is 67.6 Å². The third-order valence-corrected chi connectivity index (χ3v) is 5.38. The Morgan fingerprint density at radius 1 is 1.00 bits per heavy atom. The van der Waals surface area contributed by atoms with Crippen LogP contribution >= 0.6 is 0 Å². The molecule has 0 saturated carbocycles. The minimum absolute atomic E-state index is 0.181. The standard InChI is InChI=1S/C22H20N2O2/c1-15-11-13-17(14-12-15)19-9-6-10-20(25)22(19)16(2)23-24(21(22)26)18-7-4-3-5-8-18/h3-8,10-14,19H,9H2,1-2H3/t19-,22-/m1/s1. The Labute approximate surface area is 152 Å². The number of carbonyl (C=O) groups excluding carboxylic acids is 2. The molecule has 0 unspecified atom stereocenters. The van der Waals surface area contributed by atoms with Crippen molar-refractivity contribution in [3.05, 3.63) is 77.9 Å². The van der Waals surface area contributed by atoms with Crippen molar-refractivity contribution in [2.45, 2.75) is 26.2 Å². The molecule has 1 aliphatic carbocycles. The van der Waals surface area contributed by atoms with Crippen molar-refractivity contribution in [3.63, 3.8) is 0 Å². The fraction of sp³-hybridized carbons (Fsp3) is 0.227. The first-order valence-electron chi connectivity index (χ1n) is 8.78. The lowest BCUT2D eigenvalue weighted by molar-refractivity contribution is -0.134. The van der Waals surface area contributed by atoms with Gasteiger partial charge in [0.1, 0.15) is 0 Å². The number of carbonyl (C=O) groups is 2. The largest absolute Gasteiger partial charge is 0.293 e. The van der Waals surface area contributed by atoms with Crippen LogP contribution in [0.1, 0.15) is 30.4 Å². The van der Waals surface area contributed by atoms with Crippen molar-refractivity contribution in [2.24, 2.45) is 10.5 Å². The Morgan fingerprint density at radius 2 is 1.69 bits per heavy atom. The Balaban J connectivity index is 1.85. The van der Waals surface area contributed by atoms with Crippen LogP contribution in [-0.2, 0) is 9.59 Å². The second-order valence-electron chi connectivity index (χ2n) is 6.91. The maximum atomic E-state index is 13.5. The smallest absolute Gasteiger partial charge is 0.267 e. The number of para-hydroxylation sites is 1. The van der Waals surface area contributed by atoms with Gasteiger partial charge in [0.05, 0.1) is 11.4 Å². The summed E-state index contributed by atoms with van der Waals surface area (Å²) < 4.78 is 0. The quantitative estimate of drug-likeness (QED) is 0.773. The third-order valence-electron chi connectivity index (χ3n) is 5.38. The summed E-state index contributed by atoms with van der Waals surface area (Å²) in [5.41, 5.74) is 2.13. The number of amides is 1. The van der Waals surface area contributed by atoms with E-state index in [9.17, 15) is 9.59 Å². The molecule has 1 spiro atoms. The van der Waals surface area contributed by atoms with E-state index in [0.717, 1.165) is 11.1 Å². The summed E-state index contributed by atoms with van der Waals surface area (Å²) >= 11 is 0. The van der Waals surface area contributed by atoms with Crippen molar-refractivity contribution in [1.29, 1.82) is 0 Å². The van der Waals surface area contributed by atoms with Gasteiger partial charge in [-0.3, -0.25) is 9.59 Å². The lowest BCUT2D eigenvalue weighted by Crippen LogP contribution is -2.50. The zero-order valence-corrected chi connectivity index (χ0v) is 14.8. The van der Waals surface area contributed by atoms with Crippen LogP contribution in [0.25, 0.3) is 0 Å². The van der Waals surface area contributed by atoms with Crippen LogP contribution in [-0.4, -0.2) is 17.4 Å². The van der Waals surface area contributed by atoms with Gasteiger partial charge in [0.15, 0.2) is 11.2 Å². The van der Waals surface area contributed by atoms with Crippen LogP contribution in [0.4, 0.5) is 5.69 Å². The zero-order chi connectivity index (χ0) is 18.3. The first kappa shape index (κ1) is 16.5. The molecule has 2 aromatic carbocycles. The fourth-order valence-electron chi connectivity index (χ4n) is 4.00. The van der Waals surface area contributed by atoms with Crippen LogP contribution in [0.15, 0.2) is 71.9 Å². The third kappa shape index (κ3) is 2.25. The molecule has 1 aliphatic heterocycles. The lowest BCUT2D eigenvalue weighted by atomic mass is 9.62. The van der Waals surface area contributed by atoms with Gasteiger partial charge in [0.25, 0.3) is 5.91 Å². The van der Waals surface area contributed by atoms with Crippen LogP contribution in [0.3, 0.4) is 0 Å². The maximum absolute atomic E-state index is 13.5. The highest BCUT2D eigenvalue weighted by atomic mass is 16.2. The number of ketones is 1. The molecule has 2 aromatic rings. The van der Waals surface area contributed by atoms with Crippen LogP contribution in [0.2, 0.25) is 0 Å². The monoisotopic (exact) mass is 344 g/mol. The first-order chi connectivity index (χ1) is 12.5. The second kappa shape index (κ2) is 6.06. The molecule has 0 saturated heterocycles. The molecule has 0 aromatic heterocycles. The molecule has 2 atom stereocenters. The van der Waals surface area contributed by atoms with E-state index in [0.29, 0.717) is 17.8 Å². The summed E-state index contributed by atoms with van der Waals surface area (Å²) in [6.07, 6.45) is 4.04. The van der Waals surface area contributed by atoms with Crippen molar-refractivity contribution in [1.82, 2.24) is 0 Å². The molecule has 4 rings (SSSR count). The average molecular weight is 344 g/mol. The zero-order valence-electron chi connectivity index (χ0n) is 14.8. The minimum Gasteiger partial charge on any atom is -0.293 e. The van der Waals surface area contributed by atoms with Gasteiger partial charge in [0.2, 0.25) is 0 Å². The SMILES string of the molecule is CC1=NN(c2ccccc2)C(=O)[C@]12C(=O)C=CC[C@@H]2c1ccc(C)cc1. The summed E-state index contributed by atoms with van der Waals surface area (Å²) in [6.45, 7) is 3.81. The topological polar surface area (TPSA) is 49.7 Å². The van der Waals surface area contributed by atoms with Crippen molar-refractivity contribution >= 4 is 23.1 Å². The van der Waals surface area contributed by atoms with Gasteiger partial charge < -0.3 is 0 Å². The van der Waals surface area contributed by atoms with Crippen LogP contribution in [0.5, 0.6) is 0 Å². The Morgan fingerprint density at radius 3 is 2.38 bits per heavy atom. The molecule has 0 fully saturated rings. The molecular weight excluding hydrogens is 324 g/mol. The van der Waals surface area contributed by atoms with E-state index in [-0.39, 0.29) is 17.6 Å². The summed E-state index contributed by atoms with van der Waals surface area (Å²) in [5, 5.41) is 5.89. The number of aryl methyl sites for hydroxylation is 1. The normalized spacial score (nSPS) is 25.1. The predicted molar refractivity (Wildman–Crippen MR) is 102 cm³/mol. The number of benzene rings is 2. The number of anilines is 1. The molecule has 0 radical (unpaired) electrons. The molecule has 26 heavy (non-hydrogen) atoms. The number of rotatable bonds is 2. The first-order valence-corrected chi connectivity index (χ1v) is 8.78. The Kier molecular flexibility index (Phi) is 3.83. The minimum atomic E-state index is -1.25. The highest BCUT2D eigenvalue weighted by Crippen LogP contribution is 2.48. The Bertz CT molecular complexity index is 928. The van der Waals surface area contributed by atoms with E-state index in [4.69, 9.17) is 0 Å². The van der Waals surface area contributed by atoms with E-state index >= 15 is 0 Å². The van der Waals surface area contributed by atoms with Gasteiger partial charge in [0, 0.05) is 5.92 Å².